The molecule has 0 radical (unpaired) electrons. The Kier molecular flexibility index (Phi) is 7.20. The van der Waals surface area contributed by atoms with E-state index in [1.807, 2.05) is 85.8 Å². The number of nitrogens with one attached hydrogen (secondary N) is 1. The summed E-state index contributed by atoms with van der Waals surface area (Å²) < 4.78 is 5.69. The lowest BCUT2D eigenvalue weighted by Crippen LogP contribution is -2.45. The molecule has 0 saturated carbocycles. The lowest BCUT2D eigenvalue weighted by atomic mass is 9.85. The molecule has 1 N–H and O–H groups in total. The standard InChI is InChI=1S/C27H25ClN2O3/c1-18-10-13-21(14-11-18)25-24(26(31)33-17-20-6-3-2-4-7-20)23(29-27(32)30-25)15-12-19-8-5-9-22(28)16-19/h2-11,13-14,16,24-25H,12,15,17H2,1H3,(H,30,32). The number of urea groups is 1. The second-order valence-corrected chi connectivity index (χ2v) is 8.58. The molecule has 5 nitrogen and oxygen atoms in total. The number of esters is 1. The molecule has 1 aliphatic rings. The number of halogens is 1. The lowest BCUT2D eigenvalue weighted by Gasteiger charge is -2.31. The number of benzene rings is 3. The minimum Gasteiger partial charge on any atom is -0.460 e. The van der Waals surface area contributed by atoms with Crippen molar-refractivity contribution < 1.29 is 14.3 Å². The van der Waals surface area contributed by atoms with Crippen LogP contribution in [0.25, 0.3) is 0 Å². The first-order chi connectivity index (χ1) is 16.0. The number of aliphatic imine (C=N–C) groups is 1. The quantitative estimate of drug-likeness (QED) is 0.450. The molecule has 3 aromatic rings. The minimum absolute atomic E-state index is 0.159. The van der Waals surface area contributed by atoms with Crippen molar-refractivity contribution in [3.8, 4) is 0 Å². The van der Waals surface area contributed by atoms with Gasteiger partial charge in [0.15, 0.2) is 0 Å². The van der Waals surface area contributed by atoms with E-state index in [1.54, 1.807) is 0 Å². The number of nitrogens with zero attached hydrogens (tertiary/aromatic N) is 1. The second-order valence-electron chi connectivity index (χ2n) is 8.14. The van der Waals surface area contributed by atoms with E-state index in [1.165, 1.54) is 0 Å². The Labute approximate surface area is 198 Å². The third-order valence-corrected chi connectivity index (χ3v) is 5.92. The van der Waals surface area contributed by atoms with Crippen molar-refractivity contribution in [2.24, 2.45) is 10.9 Å². The Morgan fingerprint density at radius 3 is 2.42 bits per heavy atom. The molecule has 0 fully saturated rings. The van der Waals surface area contributed by atoms with E-state index < -0.39 is 24.0 Å². The van der Waals surface area contributed by atoms with Crippen LogP contribution < -0.4 is 5.32 Å². The zero-order valence-electron chi connectivity index (χ0n) is 18.3. The molecule has 2 amide bonds. The summed E-state index contributed by atoms with van der Waals surface area (Å²) in [5, 5.41) is 3.52. The van der Waals surface area contributed by atoms with Crippen molar-refractivity contribution in [1.29, 1.82) is 0 Å². The molecule has 1 aliphatic heterocycles. The first-order valence-corrected chi connectivity index (χ1v) is 11.3. The summed E-state index contributed by atoms with van der Waals surface area (Å²) in [4.78, 5) is 30.0. The van der Waals surface area contributed by atoms with Crippen LogP contribution in [-0.4, -0.2) is 17.7 Å². The Morgan fingerprint density at radius 2 is 1.70 bits per heavy atom. The summed E-state index contributed by atoms with van der Waals surface area (Å²) in [7, 11) is 0. The minimum atomic E-state index is -0.715. The molecule has 1 heterocycles. The Morgan fingerprint density at radius 1 is 0.970 bits per heavy atom. The zero-order chi connectivity index (χ0) is 23.2. The van der Waals surface area contributed by atoms with E-state index in [-0.39, 0.29) is 6.61 Å². The van der Waals surface area contributed by atoms with Crippen LogP contribution in [0.2, 0.25) is 5.02 Å². The van der Waals surface area contributed by atoms with E-state index in [9.17, 15) is 9.59 Å². The number of amides is 2. The first-order valence-electron chi connectivity index (χ1n) is 10.9. The van der Waals surface area contributed by atoms with Crippen molar-refractivity contribution >= 4 is 29.3 Å². The molecule has 2 unspecified atom stereocenters. The van der Waals surface area contributed by atoms with E-state index in [4.69, 9.17) is 16.3 Å². The van der Waals surface area contributed by atoms with Crippen LogP contribution in [0.15, 0.2) is 83.9 Å². The molecular weight excluding hydrogens is 436 g/mol. The average Bonchev–Trinajstić information content (AvgIpc) is 2.82. The number of hydrogen-bond donors (Lipinski definition) is 1. The fourth-order valence-corrected chi connectivity index (χ4v) is 4.17. The van der Waals surface area contributed by atoms with Gasteiger partial charge in [0.25, 0.3) is 0 Å². The van der Waals surface area contributed by atoms with Gasteiger partial charge in [0, 0.05) is 10.7 Å². The maximum absolute atomic E-state index is 13.3. The van der Waals surface area contributed by atoms with E-state index in [0.29, 0.717) is 23.6 Å². The molecule has 0 saturated heterocycles. The van der Waals surface area contributed by atoms with Crippen LogP contribution in [0.4, 0.5) is 4.79 Å². The number of aryl methyl sites for hydroxylation is 2. The summed E-state index contributed by atoms with van der Waals surface area (Å²) in [6.45, 7) is 2.15. The summed E-state index contributed by atoms with van der Waals surface area (Å²) in [6.07, 6.45) is 1.05. The van der Waals surface area contributed by atoms with Crippen LogP contribution in [0.1, 0.15) is 34.7 Å². The largest absolute Gasteiger partial charge is 0.460 e. The molecule has 168 valence electrons. The lowest BCUT2D eigenvalue weighted by molar-refractivity contribution is -0.148. The number of carbonyl (C=O) groups excluding carboxylic acids is 2. The van der Waals surface area contributed by atoms with Crippen LogP contribution in [-0.2, 0) is 22.6 Å². The zero-order valence-corrected chi connectivity index (χ0v) is 19.1. The molecule has 0 aromatic heterocycles. The van der Waals surface area contributed by atoms with Gasteiger partial charge in [-0.15, -0.1) is 0 Å². The number of ether oxygens (including phenoxy) is 1. The summed E-state index contributed by atoms with van der Waals surface area (Å²) in [6, 6.07) is 23.9. The third-order valence-electron chi connectivity index (χ3n) is 5.69. The summed E-state index contributed by atoms with van der Waals surface area (Å²) >= 11 is 6.12. The highest BCUT2D eigenvalue weighted by molar-refractivity contribution is 6.30. The Bertz CT molecular complexity index is 1160. The Hall–Kier alpha value is -3.44. The van der Waals surface area contributed by atoms with Gasteiger partial charge >= 0.3 is 12.0 Å². The van der Waals surface area contributed by atoms with Gasteiger partial charge in [-0.25, -0.2) is 9.79 Å². The molecule has 33 heavy (non-hydrogen) atoms. The van der Waals surface area contributed by atoms with E-state index >= 15 is 0 Å². The molecule has 6 heteroatoms. The summed E-state index contributed by atoms with van der Waals surface area (Å²) in [5.74, 6) is -1.12. The molecule has 4 rings (SSSR count). The normalized spacial score (nSPS) is 17.8. The van der Waals surface area contributed by atoms with E-state index in [0.717, 1.165) is 22.3 Å². The molecule has 0 aliphatic carbocycles. The van der Waals surface area contributed by atoms with Crippen LogP contribution in [0, 0.1) is 12.8 Å². The maximum atomic E-state index is 13.3. The highest BCUT2D eigenvalue weighted by Gasteiger charge is 2.39. The number of hydrogen-bond acceptors (Lipinski definition) is 3. The second kappa shape index (κ2) is 10.5. The molecule has 0 bridgehead atoms. The van der Waals surface area contributed by atoms with Gasteiger partial charge in [-0.1, -0.05) is 83.9 Å². The highest BCUT2D eigenvalue weighted by atomic mass is 35.5. The predicted molar refractivity (Wildman–Crippen MR) is 129 cm³/mol. The van der Waals surface area contributed by atoms with Gasteiger partial charge < -0.3 is 10.1 Å². The predicted octanol–water partition coefficient (Wildman–Crippen LogP) is 5.85. The smallest absolute Gasteiger partial charge is 0.341 e. The van der Waals surface area contributed by atoms with Crippen molar-refractivity contribution in [3.63, 3.8) is 0 Å². The number of carbonyl (C=O) groups is 2. The first kappa shape index (κ1) is 22.7. The van der Waals surface area contributed by atoms with Crippen LogP contribution in [0.3, 0.4) is 0 Å². The SMILES string of the molecule is Cc1ccc(C2NC(=O)N=C(CCc3cccc(Cl)c3)C2C(=O)OCc2ccccc2)cc1. The van der Waals surface area contributed by atoms with Crippen molar-refractivity contribution in [2.75, 3.05) is 0 Å². The van der Waals surface area contributed by atoms with Gasteiger partial charge in [-0.05, 0) is 48.6 Å². The Balaban J connectivity index is 1.60. The third kappa shape index (κ3) is 5.88. The fraction of sp³-hybridized carbons (Fsp3) is 0.222. The van der Waals surface area contributed by atoms with Gasteiger partial charge in [0.05, 0.1) is 6.04 Å². The van der Waals surface area contributed by atoms with Gasteiger partial charge in [-0.2, -0.15) is 0 Å². The molecule has 0 spiro atoms. The van der Waals surface area contributed by atoms with Gasteiger partial charge in [0.2, 0.25) is 0 Å². The van der Waals surface area contributed by atoms with E-state index in [2.05, 4.69) is 10.3 Å². The van der Waals surface area contributed by atoms with Crippen LogP contribution >= 0.6 is 11.6 Å². The van der Waals surface area contributed by atoms with Crippen molar-refractivity contribution in [2.45, 2.75) is 32.4 Å². The average molecular weight is 461 g/mol. The van der Waals surface area contributed by atoms with Crippen molar-refractivity contribution in [1.82, 2.24) is 5.32 Å². The van der Waals surface area contributed by atoms with Gasteiger partial charge in [-0.3, -0.25) is 4.79 Å². The van der Waals surface area contributed by atoms with Gasteiger partial charge in [0.1, 0.15) is 12.5 Å². The molecule has 2 atom stereocenters. The number of rotatable bonds is 7. The molecule has 3 aromatic carbocycles. The maximum Gasteiger partial charge on any atom is 0.341 e. The fourth-order valence-electron chi connectivity index (χ4n) is 3.96. The van der Waals surface area contributed by atoms with Crippen LogP contribution in [0.5, 0.6) is 0 Å². The topological polar surface area (TPSA) is 67.8 Å². The molecular formula is C27H25ClN2O3. The monoisotopic (exact) mass is 460 g/mol. The summed E-state index contributed by atoms with van der Waals surface area (Å²) in [5.41, 5.74) is 4.36. The highest BCUT2D eigenvalue weighted by Crippen LogP contribution is 2.30. The van der Waals surface area contributed by atoms with Crippen molar-refractivity contribution in [3.05, 3.63) is 106 Å².